The number of carbonyl (C=O) groups is 2. The van der Waals surface area contributed by atoms with Gasteiger partial charge in [0.05, 0.1) is 23.1 Å². The summed E-state index contributed by atoms with van der Waals surface area (Å²) in [5.41, 5.74) is 0.289. The fourth-order valence-corrected chi connectivity index (χ4v) is 2.16. The maximum absolute atomic E-state index is 12.3. The van der Waals surface area contributed by atoms with Gasteiger partial charge in [0.15, 0.2) is 0 Å². The number of nitro benzene ring substituents is 1. The summed E-state index contributed by atoms with van der Waals surface area (Å²) in [6, 6.07) is 4.88. The van der Waals surface area contributed by atoms with Crippen LogP contribution in [0.2, 0.25) is 0 Å². The molecule has 7 heteroatoms. The van der Waals surface area contributed by atoms with Gasteiger partial charge in [-0.05, 0) is 24.6 Å². The van der Waals surface area contributed by atoms with Gasteiger partial charge in [-0.2, -0.15) is 0 Å². The molecule has 1 unspecified atom stereocenters. The van der Waals surface area contributed by atoms with Gasteiger partial charge in [-0.1, -0.05) is 13.8 Å². The lowest BCUT2D eigenvalue weighted by Gasteiger charge is -2.16. The van der Waals surface area contributed by atoms with Crippen LogP contribution in [0.4, 0.5) is 11.4 Å². The zero-order chi connectivity index (χ0) is 15.6. The Morgan fingerprint density at radius 2 is 1.95 bits per heavy atom. The van der Waals surface area contributed by atoms with Gasteiger partial charge < -0.3 is 5.32 Å². The van der Waals surface area contributed by atoms with Crippen LogP contribution in [0.3, 0.4) is 0 Å². The average molecular weight is 291 g/mol. The van der Waals surface area contributed by atoms with Crippen molar-refractivity contribution in [1.29, 1.82) is 0 Å². The molecule has 1 aromatic rings. The second-order valence-corrected chi connectivity index (χ2v) is 5.40. The van der Waals surface area contributed by atoms with E-state index in [4.69, 9.17) is 0 Å². The molecule has 0 aromatic heterocycles. The minimum atomic E-state index is -0.523. The van der Waals surface area contributed by atoms with E-state index >= 15 is 0 Å². The lowest BCUT2D eigenvalue weighted by Crippen LogP contribution is -2.40. The molecule has 2 rings (SSSR count). The smallest absolute Gasteiger partial charge is 0.269 e. The molecule has 1 N–H and O–H groups in total. The molecule has 112 valence electrons. The van der Waals surface area contributed by atoms with Gasteiger partial charge in [0.2, 0.25) is 5.91 Å². The number of hydrogen-bond acceptors (Lipinski definition) is 5. The topological polar surface area (TPSA) is 92.6 Å². The molecule has 1 fully saturated rings. The molecule has 1 aliphatic heterocycles. The number of carbonyl (C=O) groups excluding carboxylic acids is 2. The maximum Gasteiger partial charge on any atom is 0.269 e. The lowest BCUT2D eigenvalue weighted by molar-refractivity contribution is -0.384. The van der Waals surface area contributed by atoms with Gasteiger partial charge >= 0.3 is 0 Å². The first-order valence-electron chi connectivity index (χ1n) is 6.74. The molecule has 2 amide bonds. The molecule has 0 aliphatic carbocycles. The number of anilines is 1. The predicted molar refractivity (Wildman–Crippen MR) is 76.8 cm³/mol. The summed E-state index contributed by atoms with van der Waals surface area (Å²) in [5, 5.41) is 13.7. The third-order valence-electron chi connectivity index (χ3n) is 3.24. The van der Waals surface area contributed by atoms with Crippen LogP contribution in [0.25, 0.3) is 0 Å². The van der Waals surface area contributed by atoms with Crippen molar-refractivity contribution in [2.24, 2.45) is 5.92 Å². The van der Waals surface area contributed by atoms with Crippen LogP contribution in [0.15, 0.2) is 24.3 Å². The first-order valence-corrected chi connectivity index (χ1v) is 6.74. The Kier molecular flexibility index (Phi) is 4.32. The molecule has 0 radical (unpaired) electrons. The third-order valence-corrected chi connectivity index (χ3v) is 3.24. The summed E-state index contributed by atoms with van der Waals surface area (Å²) >= 11 is 0. The Labute approximate surface area is 122 Å². The van der Waals surface area contributed by atoms with Crippen molar-refractivity contribution in [2.45, 2.75) is 26.3 Å². The van der Waals surface area contributed by atoms with Gasteiger partial charge in [-0.15, -0.1) is 0 Å². The third kappa shape index (κ3) is 3.25. The highest BCUT2D eigenvalue weighted by atomic mass is 16.6. The number of imide groups is 1. The number of hydrogen-bond donors (Lipinski definition) is 1. The van der Waals surface area contributed by atoms with Crippen LogP contribution < -0.4 is 10.2 Å². The highest BCUT2D eigenvalue weighted by Crippen LogP contribution is 2.25. The largest absolute Gasteiger partial charge is 0.305 e. The van der Waals surface area contributed by atoms with Crippen molar-refractivity contribution < 1.29 is 14.5 Å². The normalized spacial score (nSPS) is 18.6. The van der Waals surface area contributed by atoms with Gasteiger partial charge in [0.25, 0.3) is 11.6 Å². The molecular formula is C14H17N3O4. The second-order valence-electron chi connectivity index (χ2n) is 5.40. The van der Waals surface area contributed by atoms with E-state index in [9.17, 15) is 19.7 Å². The Balaban J connectivity index is 2.14. The van der Waals surface area contributed by atoms with Gasteiger partial charge in [-0.3, -0.25) is 19.7 Å². The molecule has 0 saturated carbocycles. The number of nitro groups is 1. The minimum Gasteiger partial charge on any atom is -0.305 e. The summed E-state index contributed by atoms with van der Waals surface area (Å²) in [7, 11) is 0. The van der Waals surface area contributed by atoms with Gasteiger partial charge in [0, 0.05) is 12.1 Å². The monoisotopic (exact) mass is 291 g/mol. The Bertz CT molecular complexity index is 568. The van der Waals surface area contributed by atoms with E-state index in [-0.39, 0.29) is 23.9 Å². The van der Waals surface area contributed by atoms with Crippen LogP contribution in [0.1, 0.15) is 20.3 Å². The van der Waals surface area contributed by atoms with E-state index in [1.165, 1.54) is 24.3 Å². The summed E-state index contributed by atoms with van der Waals surface area (Å²) in [5.74, 6) is -0.231. The van der Waals surface area contributed by atoms with Crippen LogP contribution in [0, 0.1) is 16.0 Å². The SMILES string of the molecule is CC(C)CNC1CC(=O)N(c2ccc([N+](=O)[O-])cc2)C1=O. The average Bonchev–Trinajstić information content (AvgIpc) is 2.71. The fourth-order valence-electron chi connectivity index (χ4n) is 2.16. The summed E-state index contributed by atoms with van der Waals surface area (Å²) in [6.07, 6.45) is 0.114. The van der Waals surface area contributed by atoms with E-state index in [0.717, 1.165) is 4.90 Å². The first-order chi connectivity index (χ1) is 9.90. The summed E-state index contributed by atoms with van der Waals surface area (Å²) in [6.45, 7) is 4.68. The maximum atomic E-state index is 12.3. The van der Waals surface area contributed by atoms with Crippen molar-refractivity contribution in [3.8, 4) is 0 Å². The van der Waals surface area contributed by atoms with Crippen molar-refractivity contribution in [3.63, 3.8) is 0 Å². The quantitative estimate of drug-likeness (QED) is 0.504. The van der Waals surface area contributed by atoms with Crippen LogP contribution in [0.5, 0.6) is 0 Å². The Morgan fingerprint density at radius 1 is 1.33 bits per heavy atom. The number of amides is 2. The van der Waals surface area contributed by atoms with Crippen molar-refractivity contribution in [3.05, 3.63) is 34.4 Å². The van der Waals surface area contributed by atoms with Gasteiger partial charge in [-0.25, -0.2) is 4.90 Å². The molecule has 0 spiro atoms. The number of nitrogens with one attached hydrogen (secondary N) is 1. The van der Waals surface area contributed by atoms with E-state index in [0.29, 0.717) is 18.2 Å². The minimum absolute atomic E-state index is 0.0765. The number of rotatable bonds is 5. The second kappa shape index (κ2) is 6.01. The van der Waals surface area contributed by atoms with E-state index in [2.05, 4.69) is 5.32 Å². The molecule has 1 aromatic carbocycles. The number of nitrogens with zero attached hydrogens (tertiary/aromatic N) is 2. The van der Waals surface area contributed by atoms with E-state index in [1.807, 2.05) is 13.8 Å². The summed E-state index contributed by atoms with van der Waals surface area (Å²) < 4.78 is 0. The van der Waals surface area contributed by atoms with E-state index < -0.39 is 11.0 Å². The van der Waals surface area contributed by atoms with Crippen LogP contribution >= 0.6 is 0 Å². The highest BCUT2D eigenvalue weighted by Gasteiger charge is 2.39. The van der Waals surface area contributed by atoms with Crippen molar-refractivity contribution in [1.82, 2.24) is 5.32 Å². The highest BCUT2D eigenvalue weighted by molar-refractivity contribution is 6.22. The molecule has 0 bridgehead atoms. The standard InChI is InChI=1S/C14H17N3O4/c1-9(2)8-15-12-7-13(18)16(14(12)19)10-3-5-11(6-4-10)17(20)21/h3-6,9,12,15H,7-8H2,1-2H3. The molecular weight excluding hydrogens is 274 g/mol. The molecule has 1 aliphatic rings. The molecule has 1 saturated heterocycles. The molecule has 7 nitrogen and oxygen atoms in total. The lowest BCUT2D eigenvalue weighted by atomic mass is 10.2. The zero-order valence-corrected chi connectivity index (χ0v) is 11.9. The Morgan fingerprint density at radius 3 is 2.48 bits per heavy atom. The van der Waals surface area contributed by atoms with Crippen molar-refractivity contribution in [2.75, 3.05) is 11.4 Å². The first kappa shape index (κ1) is 15.1. The number of benzene rings is 1. The van der Waals surface area contributed by atoms with E-state index in [1.54, 1.807) is 0 Å². The summed E-state index contributed by atoms with van der Waals surface area (Å²) in [4.78, 5) is 35.4. The Hall–Kier alpha value is -2.28. The van der Waals surface area contributed by atoms with Crippen molar-refractivity contribution >= 4 is 23.2 Å². The van der Waals surface area contributed by atoms with Crippen LogP contribution in [-0.2, 0) is 9.59 Å². The fraction of sp³-hybridized carbons (Fsp3) is 0.429. The van der Waals surface area contributed by atoms with Gasteiger partial charge in [0.1, 0.15) is 0 Å². The molecule has 21 heavy (non-hydrogen) atoms. The van der Waals surface area contributed by atoms with Crippen LogP contribution in [-0.4, -0.2) is 29.3 Å². The number of non-ortho nitro benzene ring substituents is 1. The molecule has 1 atom stereocenters. The predicted octanol–water partition coefficient (Wildman–Crippen LogP) is 1.47. The zero-order valence-electron chi connectivity index (χ0n) is 11.9. The molecule has 1 heterocycles.